The zero-order valence-corrected chi connectivity index (χ0v) is 5.92. The molecule has 1 fully saturated rings. The van der Waals surface area contributed by atoms with Gasteiger partial charge in [0.2, 0.25) is 0 Å². The maximum absolute atomic E-state index is 10.7. The molecule has 1 atom stereocenters. The predicted octanol–water partition coefficient (Wildman–Crippen LogP) is 0.369. The Hall–Kier alpha value is -1.45. The molecule has 0 saturated carbocycles. The fourth-order valence-electron chi connectivity index (χ4n) is 1.20. The molecule has 1 aromatic heterocycles. The van der Waals surface area contributed by atoms with E-state index in [1.807, 2.05) is 18.3 Å². The van der Waals surface area contributed by atoms with Crippen LogP contribution in [0.1, 0.15) is 11.7 Å². The van der Waals surface area contributed by atoms with E-state index in [0.717, 1.165) is 5.69 Å². The van der Waals surface area contributed by atoms with Crippen LogP contribution < -0.4 is 10.6 Å². The molecule has 11 heavy (non-hydrogen) atoms. The smallest absolute Gasteiger partial charge is 0.315 e. The van der Waals surface area contributed by atoms with Crippen molar-refractivity contribution in [2.45, 2.75) is 6.04 Å². The number of carbonyl (C=O) groups excluding carboxylic acids is 1. The van der Waals surface area contributed by atoms with E-state index >= 15 is 0 Å². The van der Waals surface area contributed by atoms with Gasteiger partial charge in [0.05, 0.1) is 6.04 Å². The summed E-state index contributed by atoms with van der Waals surface area (Å²) in [6.45, 7) is 0.666. The lowest BCUT2D eigenvalue weighted by Gasteiger charge is -2.03. The Morgan fingerprint density at radius 1 is 1.55 bits per heavy atom. The van der Waals surface area contributed by atoms with Gasteiger partial charge in [0.1, 0.15) is 0 Å². The predicted molar refractivity (Wildman–Crippen MR) is 40.1 cm³/mol. The highest BCUT2D eigenvalue weighted by molar-refractivity contribution is 5.76. The van der Waals surface area contributed by atoms with Gasteiger partial charge in [-0.1, -0.05) is 0 Å². The maximum atomic E-state index is 10.7. The minimum atomic E-state index is -0.0930. The van der Waals surface area contributed by atoms with Gasteiger partial charge in [0, 0.05) is 18.4 Å². The lowest BCUT2D eigenvalue weighted by molar-refractivity contribution is 0.247. The van der Waals surface area contributed by atoms with Gasteiger partial charge in [0.25, 0.3) is 0 Å². The lowest BCUT2D eigenvalue weighted by atomic mass is 10.2. The van der Waals surface area contributed by atoms with Crippen LogP contribution in [0.3, 0.4) is 0 Å². The number of aromatic nitrogens is 1. The number of aromatic amines is 1. The fraction of sp³-hybridized carbons (Fsp3) is 0.286. The van der Waals surface area contributed by atoms with Gasteiger partial charge in [-0.15, -0.1) is 0 Å². The minimum absolute atomic E-state index is 0.0930. The Labute approximate surface area is 64.0 Å². The first-order valence-corrected chi connectivity index (χ1v) is 3.54. The van der Waals surface area contributed by atoms with E-state index in [4.69, 9.17) is 0 Å². The van der Waals surface area contributed by atoms with Crippen LogP contribution in [-0.4, -0.2) is 17.6 Å². The molecule has 1 aliphatic heterocycles. The van der Waals surface area contributed by atoms with E-state index in [1.54, 1.807) is 0 Å². The summed E-state index contributed by atoms with van der Waals surface area (Å²) in [6, 6.07) is 3.89. The molecule has 2 amide bonds. The molecule has 0 aliphatic carbocycles. The third-order valence-corrected chi connectivity index (χ3v) is 1.77. The zero-order valence-electron chi connectivity index (χ0n) is 5.92. The van der Waals surface area contributed by atoms with Crippen LogP contribution in [0.25, 0.3) is 0 Å². The molecule has 0 bridgehead atoms. The van der Waals surface area contributed by atoms with Crippen molar-refractivity contribution in [3.8, 4) is 0 Å². The molecular weight excluding hydrogens is 142 g/mol. The molecule has 2 heterocycles. The van der Waals surface area contributed by atoms with Gasteiger partial charge in [-0.05, 0) is 12.1 Å². The summed E-state index contributed by atoms with van der Waals surface area (Å²) < 4.78 is 0. The Kier molecular flexibility index (Phi) is 1.31. The van der Waals surface area contributed by atoms with E-state index < -0.39 is 0 Å². The van der Waals surface area contributed by atoms with Crippen LogP contribution in [0.2, 0.25) is 0 Å². The van der Waals surface area contributed by atoms with Crippen molar-refractivity contribution in [1.82, 2.24) is 15.6 Å². The molecule has 0 spiro atoms. The minimum Gasteiger partial charge on any atom is -0.363 e. The number of hydrogen-bond donors (Lipinski definition) is 3. The van der Waals surface area contributed by atoms with E-state index in [0.29, 0.717) is 6.54 Å². The van der Waals surface area contributed by atoms with Crippen molar-refractivity contribution in [1.29, 1.82) is 0 Å². The highest BCUT2D eigenvalue weighted by Crippen LogP contribution is 2.11. The molecule has 0 radical (unpaired) electrons. The molecule has 0 aromatic carbocycles. The maximum Gasteiger partial charge on any atom is 0.315 e. The zero-order chi connectivity index (χ0) is 7.68. The van der Waals surface area contributed by atoms with Crippen LogP contribution in [0.4, 0.5) is 4.79 Å². The quantitative estimate of drug-likeness (QED) is 0.533. The molecule has 1 aliphatic rings. The van der Waals surface area contributed by atoms with Crippen molar-refractivity contribution in [2.75, 3.05) is 6.54 Å². The van der Waals surface area contributed by atoms with Gasteiger partial charge in [-0.2, -0.15) is 0 Å². The first-order valence-electron chi connectivity index (χ1n) is 3.54. The van der Waals surface area contributed by atoms with E-state index in [-0.39, 0.29) is 12.1 Å². The highest BCUT2D eigenvalue weighted by Gasteiger charge is 2.21. The molecule has 1 aromatic rings. The Morgan fingerprint density at radius 3 is 3.00 bits per heavy atom. The Morgan fingerprint density at radius 2 is 2.45 bits per heavy atom. The number of rotatable bonds is 1. The monoisotopic (exact) mass is 151 g/mol. The first-order chi connectivity index (χ1) is 5.36. The molecule has 1 unspecified atom stereocenters. The van der Waals surface area contributed by atoms with Crippen molar-refractivity contribution >= 4 is 6.03 Å². The second kappa shape index (κ2) is 2.30. The van der Waals surface area contributed by atoms with Crippen molar-refractivity contribution in [3.63, 3.8) is 0 Å². The molecule has 58 valence electrons. The lowest BCUT2D eigenvalue weighted by Crippen LogP contribution is -2.21. The van der Waals surface area contributed by atoms with E-state index in [2.05, 4.69) is 15.6 Å². The van der Waals surface area contributed by atoms with E-state index in [1.165, 1.54) is 0 Å². The third kappa shape index (κ3) is 1.07. The summed E-state index contributed by atoms with van der Waals surface area (Å²) in [5.74, 6) is 0. The van der Waals surface area contributed by atoms with Gasteiger partial charge in [-0.25, -0.2) is 4.79 Å². The summed E-state index contributed by atoms with van der Waals surface area (Å²) in [7, 11) is 0. The third-order valence-electron chi connectivity index (χ3n) is 1.77. The molecule has 2 rings (SSSR count). The van der Waals surface area contributed by atoms with Crippen LogP contribution in [0, 0.1) is 0 Å². The number of nitrogens with one attached hydrogen (secondary N) is 3. The van der Waals surface area contributed by atoms with Crippen LogP contribution in [0.15, 0.2) is 18.3 Å². The summed E-state index contributed by atoms with van der Waals surface area (Å²) in [5.41, 5.74) is 1.04. The first kappa shape index (κ1) is 6.27. The fourth-order valence-corrected chi connectivity index (χ4v) is 1.20. The van der Waals surface area contributed by atoms with Crippen LogP contribution in [0.5, 0.6) is 0 Å². The molecule has 1 saturated heterocycles. The SMILES string of the molecule is O=C1NCC(c2ccc[nH]2)N1. The number of amides is 2. The van der Waals surface area contributed by atoms with Crippen molar-refractivity contribution < 1.29 is 4.79 Å². The molecule has 4 nitrogen and oxygen atoms in total. The topological polar surface area (TPSA) is 56.9 Å². The summed E-state index contributed by atoms with van der Waals surface area (Å²) in [5, 5.41) is 5.46. The van der Waals surface area contributed by atoms with Crippen molar-refractivity contribution in [3.05, 3.63) is 24.0 Å². The number of carbonyl (C=O) groups is 1. The Balaban J connectivity index is 2.13. The number of hydrogen-bond acceptors (Lipinski definition) is 1. The van der Waals surface area contributed by atoms with Crippen molar-refractivity contribution in [2.24, 2.45) is 0 Å². The molecule has 3 N–H and O–H groups in total. The molecule has 4 heteroatoms. The molecular formula is C7H9N3O. The second-order valence-corrected chi connectivity index (χ2v) is 2.53. The second-order valence-electron chi connectivity index (χ2n) is 2.53. The largest absolute Gasteiger partial charge is 0.363 e. The average Bonchev–Trinajstić information content (AvgIpc) is 2.55. The normalized spacial score (nSPS) is 22.9. The van der Waals surface area contributed by atoms with Gasteiger partial charge < -0.3 is 15.6 Å². The number of H-pyrrole nitrogens is 1. The van der Waals surface area contributed by atoms with Gasteiger partial charge in [0.15, 0.2) is 0 Å². The summed E-state index contributed by atoms with van der Waals surface area (Å²) >= 11 is 0. The van der Waals surface area contributed by atoms with Gasteiger partial charge in [-0.3, -0.25) is 0 Å². The Bertz CT molecular complexity index is 255. The van der Waals surface area contributed by atoms with Crippen LogP contribution in [-0.2, 0) is 0 Å². The van der Waals surface area contributed by atoms with Crippen LogP contribution >= 0.6 is 0 Å². The number of urea groups is 1. The van der Waals surface area contributed by atoms with Gasteiger partial charge >= 0.3 is 6.03 Å². The summed E-state index contributed by atoms with van der Waals surface area (Å²) in [4.78, 5) is 13.8. The standard InChI is InChI=1S/C7H9N3O/c11-7-9-4-6(10-7)5-2-1-3-8-5/h1-3,6,8H,4H2,(H2,9,10,11). The average molecular weight is 151 g/mol. The highest BCUT2D eigenvalue weighted by atomic mass is 16.2. The summed E-state index contributed by atoms with van der Waals surface area (Å²) in [6.07, 6.45) is 1.85. The van der Waals surface area contributed by atoms with E-state index in [9.17, 15) is 4.79 Å².